The molecule has 0 aliphatic rings. The standard InChI is InChI=1S/C9H7BrF3NO4/c1-17-8(16)5-6(18-9(11,12)13)4(2-10)3-14-7(5)15/h3H,2H2,1H3,(H,14,15). The Balaban J connectivity index is 3.46. The number of H-pyrrole nitrogens is 1. The second-order valence-corrected chi connectivity index (χ2v) is 3.58. The lowest BCUT2D eigenvalue weighted by Crippen LogP contribution is -2.26. The first-order chi connectivity index (χ1) is 8.30. The van der Waals surface area contributed by atoms with Crippen LogP contribution >= 0.6 is 15.9 Å². The number of aromatic amines is 1. The molecule has 0 aliphatic heterocycles. The summed E-state index contributed by atoms with van der Waals surface area (Å²) in [6.07, 6.45) is -4.00. The number of nitrogens with one attached hydrogen (secondary N) is 1. The molecule has 0 radical (unpaired) electrons. The molecular formula is C9H7BrF3NO4. The van der Waals surface area contributed by atoms with Gasteiger partial charge in [0.2, 0.25) is 0 Å². The SMILES string of the molecule is COC(=O)c1c(OC(F)(F)F)c(CBr)c[nH]c1=O. The third-order valence-electron chi connectivity index (χ3n) is 1.87. The molecule has 0 saturated carbocycles. The highest BCUT2D eigenvalue weighted by Gasteiger charge is 2.35. The first-order valence-electron chi connectivity index (χ1n) is 4.44. The Hall–Kier alpha value is -1.51. The van der Waals surface area contributed by atoms with Crippen LogP contribution in [0.15, 0.2) is 11.0 Å². The highest BCUT2D eigenvalue weighted by atomic mass is 79.9. The van der Waals surface area contributed by atoms with Crippen molar-refractivity contribution in [2.75, 3.05) is 7.11 Å². The van der Waals surface area contributed by atoms with E-state index in [0.29, 0.717) is 0 Å². The number of aromatic nitrogens is 1. The number of carbonyl (C=O) groups is 1. The molecule has 0 bridgehead atoms. The summed E-state index contributed by atoms with van der Waals surface area (Å²) >= 11 is 2.92. The van der Waals surface area contributed by atoms with E-state index in [-0.39, 0.29) is 10.9 Å². The Morgan fingerprint density at radius 3 is 2.56 bits per heavy atom. The first-order valence-corrected chi connectivity index (χ1v) is 5.57. The largest absolute Gasteiger partial charge is 0.573 e. The van der Waals surface area contributed by atoms with E-state index in [0.717, 1.165) is 13.3 Å². The maximum atomic E-state index is 12.2. The summed E-state index contributed by atoms with van der Waals surface area (Å²) in [5, 5.41) is -0.0425. The summed E-state index contributed by atoms with van der Waals surface area (Å²) in [5.41, 5.74) is -1.88. The lowest BCUT2D eigenvalue weighted by Gasteiger charge is -2.14. The molecule has 0 aliphatic carbocycles. The fourth-order valence-corrected chi connectivity index (χ4v) is 1.59. The van der Waals surface area contributed by atoms with Crippen LogP contribution in [0.5, 0.6) is 5.75 Å². The minimum atomic E-state index is -5.02. The number of pyridine rings is 1. The van der Waals surface area contributed by atoms with Crippen LogP contribution in [0.25, 0.3) is 0 Å². The van der Waals surface area contributed by atoms with Gasteiger partial charge in [-0.15, -0.1) is 13.2 Å². The Morgan fingerprint density at radius 1 is 1.50 bits per heavy atom. The van der Waals surface area contributed by atoms with Crippen molar-refractivity contribution in [3.63, 3.8) is 0 Å². The Kier molecular flexibility index (Phi) is 4.38. The third-order valence-corrected chi connectivity index (χ3v) is 2.48. The second kappa shape index (κ2) is 5.42. The van der Waals surface area contributed by atoms with Gasteiger partial charge in [-0.1, -0.05) is 15.9 Å². The number of ether oxygens (including phenoxy) is 2. The molecule has 5 nitrogen and oxygen atoms in total. The topological polar surface area (TPSA) is 68.4 Å². The van der Waals surface area contributed by atoms with Gasteiger partial charge in [0.15, 0.2) is 11.3 Å². The minimum Gasteiger partial charge on any atom is -0.465 e. The average molecular weight is 330 g/mol. The van der Waals surface area contributed by atoms with Crippen LogP contribution in [0.3, 0.4) is 0 Å². The zero-order valence-corrected chi connectivity index (χ0v) is 10.5. The predicted octanol–water partition coefficient (Wildman–Crippen LogP) is 1.96. The highest BCUT2D eigenvalue weighted by Crippen LogP contribution is 2.29. The van der Waals surface area contributed by atoms with Crippen molar-refractivity contribution in [3.05, 3.63) is 27.7 Å². The zero-order chi connectivity index (χ0) is 13.9. The number of esters is 1. The predicted molar refractivity (Wildman–Crippen MR) is 57.7 cm³/mol. The smallest absolute Gasteiger partial charge is 0.465 e. The number of halogens is 4. The van der Waals surface area contributed by atoms with E-state index in [9.17, 15) is 22.8 Å². The van der Waals surface area contributed by atoms with E-state index >= 15 is 0 Å². The lowest BCUT2D eigenvalue weighted by atomic mass is 10.2. The Labute approximate surface area is 107 Å². The normalized spacial score (nSPS) is 11.2. The van der Waals surface area contributed by atoms with E-state index in [4.69, 9.17) is 0 Å². The molecule has 0 amide bonds. The van der Waals surface area contributed by atoms with Crippen molar-refractivity contribution in [1.29, 1.82) is 0 Å². The van der Waals surface area contributed by atoms with Gasteiger partial charge < -0.3 is 14.5 Å². The van der Waals surface area contributed by atoms with Crippen molar-refractivity contribution >= 4 is 21.9 Å². The van der Waals surface area contributed by atoms with E-state index in [2.05, 4.69) is 30.4 Å². The highest BCUT2D eigenvalue weighted by molar-refractivity contribution is 9.08. The Morgan fingerprint density at radius 2 is 2.11 bits per heavy atom. The van der Waals surface area contributed by atoms with E-state index in [1.165, 1.54) is 0 Å². The number of hydrogen-bond acceptors (Lipinski definition) is 4. The van der Waals surface area contributed by atoms with Crippen LogP contribution in [-0.2, 0) is 10.1 Å². The summed E-state index contributed by atoms with van der Waals surface area (Å²) in [7, 11) is 0.944. The molecule has 0 aromatic carbocycles. The van der Waals surface area contributed by atoms with Crippen LogP contribution in [0.4, 0.5) is 13.2 Å². The molecule has 0 unspecified atom stereocenters. The van der Waals surface area contributed by atoms with Gasteiger partial charge in [-0.3, -0.25) is 4.79 Å². The first kappa shape index (κ1) is 14.6. The molecule has 0 atom stereocenters. The van der Waals surface area contributed by atoms with Gasteiger partial charge in [0, 0.05) is 17.1 Å². The van der Waals surface area contributed by atoms with Crippen molar-refractivity contribution in [1.82, 2.24) is 4.98 Å². The Bertz CT molecular complexity index is 512. The molecule has 0 saturated heterocycles. The molecule has 1 aromatic rings. The number of rotatable bonds is 3. The second-order valence-electron chi connectivity index (χ2n) is 3.02. The lowest BCUT2D eigenvalue weighted by molar-refractivity contribution is -0.275. The van der Waals surface area contributed by atoms with Gasteiger partial charge in [-0.25, -0.2) is 4.79 Å². The van der Waals surface area contributed by atoms with Crippen molar-refractivity contribution in [2.24, 2.45) is 0 Å². The molecule has 1 N–H and O–H groups in total. The number of carbonyl (C=O) groups excluding carboxylic acids is 1. The maximum Gasteiger partial charge on any atom is 0.573 e. The number of hydrogen-bond donors (Lipinski definition) is 1. The van der Waals surface area contributed by atoms with E-state index in [1.54, 1.807) is 0 Å². The number of alkyl halides is 4. The summed E-state index contributed by atoms with van der Waals surface area (Å²) < 4.78 is 44.7. The molecule has 1 heterocycles. The third kappa shape index (κ3) is 3.25. The molecule has 100 valence electrons. The fourth-order valence-electron chi connectivity index (χ4n) is 1.17. The molecular weight excluding hydrogens is 323 g/mol. The van der Waals surface area contributed by atoms with Crippen molar-refractivity contribution in [3.8, 4) is 5.75 Å². The summed E-state index contributed by atoms with van der Waals surface area (Å²) in [5.74, 6) is -2.08. The van der Waals surface area contributed by atoms with Gasteiger partial charge in [-0.05, 0) is 0 Å². The van der Waals surface area contributed by atoms with Gasteiger partial charge in [0.05, 0.1) is 7.11 Å². The zero-order valence-electron chi connectivity index (χ0n) is 8.93. The maximum absolute atomic E-state index is 12.2. The van der Waals surface area contributed by atoms with Crippen LogP contribution in [0.1, 0.15) is 15.9 Å². The van der Waals surface area contributed by atoms with E-state index < -0.39 is 29.2 Å². The molecule has 0 spiro atoms. The summed E-state index contributed by atoms with van der Waals surface area (Å²) in [6, 6.07) is 0. The van der Waals surface area contributed by atoms with Gasteiger partial charge >= 0.3 is 12.3 Å². The van der Waals surface area contributed by atoms with Crippen LogP contribution in [0, 0.1) is 0 Å². The molecule has 18 heavy (non-hydrogen) atoms. The quantitative estimate of drug-likeness (QED) is 0.680. The van der Waals surface area contributed by atoms with Crippen molar-refractivity contribution in [2.45, 2.75) is 11.7 Å². The number of methoxy groups -OCH3 is 1. The monoisotopic (exact) mass is 329 g/mol. The van der Waals surface area contributed by atoms with Gasteiger partial charge in [-0.2, -0.15) is 0 Å². The van der Waals surface area contributed by atoms with Gasteiger partial charge in [0.25, 0.3) is 5.56 Å². The molecule has 1 aromatic heterocycles. The average Bonchev–Trinajstić information content (AvgIpc) is 2.27. The molecule has 9 heteroatoms. The molecule has 0 fully saturated rings. The fraction of sp³-hybridized carbons (Fsp3) is 0.333. The van der Waals surface area contributed by atoms with Crippen LogP contribution < -0.4 is 10.3 Å². The molecule has 1 rings (SSSR count). The summed E-state index contributed by atoms with van der Waals surface area (Å²) in [4.78, 5) is 24.8. The van der Waals surface area contributed by atoms with Gasteiger partial charge in [0.1, 0.15) is 0 Å². The minimum absolute atomic E-state index is 0.0349. The summed E-state index contributed by atoms with van der Waals surface area (Å²) in [6.45, 7) is 0. The van der Waals surface area contributed by atoms with Crippen LogP contribution in [-0.4, -0.2) is 24.4 Å². The van der Waals surface area contributed by atoms with Crippen LogP contribution in [0.2, 0.25) is 0 Å². The van der Waals surface area contributed by atoms with E-state index in [1.807, 2.05) is 0 Å². The van der Waals surface area contributed by atoms with Crippen molar-refractivity contribution < 1.29 is 27.4 Å².